The van der Waals surface area contributed by atoms with Gasteiger partial charge in [-0.25, -0.2) is 0 Å². The van der Waals surface area contributed by atoms with Crippen LogP contribution in [0.2, 0.25) is 0 Å². The SMILES string of the molecule is Cl.NC(=O)Cc1ccc(C(=O)C2CCN(CCc3ccccc3)CC2)cc1. The van der Waals surface area contributed by atoms with Gasteiger partial charge in [-0.1, -0.05) is 54.6 Å². The van der Waals surface area contributed by atoms with Crippen LogP contribution in [0.1, 0.15) is 34.3 Å². The Morgan fingerprint density at radius 2 is 1.56 bits per heavy atom. The van der Waals surface area contributed by atoms with Crippen molar-refractivity contribution in [3.63, 3.8) is 0 Å². The summed E-state index contributed by atoms with van der Waals surface area (Å²) >= 11 is 0. The number of primary amides is 1. The van der Waals surface area contributed by atoms with Gasteiger partial charge >= 0.3 is 0 Å². The smallest absolute Gasteiger partial charge is 0.221 e. The van der Waals surface area contributed by atoms with Crippen molar-refractivity contribution in [3.8, 4) is 0 Å². The second-order valence-electron chi connectivity index (χ2n) is 7.06. The van der Waals surface area contributed by atoms with Crippen LogP contribution in [-0.4, -0.2) is 36.2 Å². The average Bonchev–Trinajstić information content (AvgIpc) is 2.67. The molecule has 0 radical (unpaired) electrons. The minimum absolute atomic E-state index is 0. The number of nitrogens with zero attached hydrogens (tertiary/aromatic N) is 1. The van der Waals surface area contributed by atoms with Gasteiger partial charge in [0.15, 0.2) is 5.78 Å². The monoisotopic (exact) mass is 386 g/mol. The maximum atomic E-state index is 12.7. The minimum atomic E-state index is -0.355. The number of hydrogen-bond donors (Lipinski definition) is 1. The molecule has 144 valence electrons. The molecule has 0 bridgehead atoms. The first-order chi connectivity index (χ1) is 12.6. The molecule has 5 heteroatoms. The zero-order valence-electron chi connectivity index (χ0n) is 15.5. The van der Waals surface area contributed by atoms with E-state index in [9.17, 15) is 9.59 Å². The zero-order chi connectivity index (χ0) is 18.4. The van der Waals surface area contributed by atoms with E-state index >= 15 is 0 Å². The lowest BCUT2D eigenvalue weighted by atomic mass is 9.88. The van der Waals surface area contributed by atoms with E-state index in [2.05, 4.69) is 29.2 Å². The molecule has 27 heavy (non-hydrogen) atoms. The number of hydrogen-bond acceptors (Lipinski definition) is 3. The topological polar surface area (TPSA) is 63.4 Å². The van der Waals surface area contributed by atoms with E-state index in [4.69, 9.17) is 5.73 Å². The molecule has 1 fully saturated rings. The van der Waals surface area contributed by atoms with E-state index in [1.807, 2.05) is 30.3 Å². The first-order valence-corrected chi connectivity index (χ1v) is 9.29. The molecule has 3 rings (SSSR count). The molecule has 1 aliphatic heterocycles. The average molecular weight is 387 g/mol. The molecule has 0 atom stereocenters. The second kappa shape index (κ2) is 10.2. The number of rotatable bonds is 7. The van der Waals surface area contributed by atoms with Crippen molar-refractivity contribution in [2.24, 2.45) is 11.7 Å². The Kier molecular flexibility index (Phi) is 8.01. The van der Waals surface area contributed by atoms with Gasteiger partial charge in [0.2, 0.25) is 5.91 Å². The van der Waals surface area contributed by atoms with Gasteiger partial charge in [0.25, 0.3) is 0 Å². The molecule has 0 unspecified atom stereocenters. The molecule has 1 amide bonds. The fraction of sp³-hybridized carbons (Fsp3) is 0.364. The lowest BCUT2D eigenvalue weighted by Gasteiger charge is -2.31. The van der Waals surface area contributed by atoms with Gasteiger partial charge in [-0.05, 0) is 43.5 Å². The molecular formula is C22H27ClN2O2. The summed E-state index contributed by atoms with van der Waals surface area (Å²) in [7, 11) is 0. The summed E-state index contributed by atoms with van der Waals surface area (Å²) in [5.41, 5.74) is 8.15. The molecule has 1 aliphatic rings. The third-order valence-electron chi connectivity index (χ3n) is 5.13. The minimum Gasteiger partial charge on any atom is -0.369 e. The van der Waals surface area contributed by atoms with E-state index in [0.29, 0.717) is 0 Å². The maximum absolute atomic E-state index is 12.7. The lowest BCUT2D eigenvalue weighted by molar-refractivity contribution is -0.117. The fourth-order valence-electron chi connectivity index (χ4n) is 3.57. The van der Waals surface area contributed by atoms with Crippen LogP contribution in [0.5, 0.6) is 0 Å². The number of carbonyl (C=O) groups is 2. The van der Waals surface area contributed by atoms with Crippen LogP contribution in [0.4, 0.5) is 0 Å². The van der Waals surface area contributed by atoms with E-state index in [-0.39, 0.29) is 36.4 Å². The number of carbonyl (C=O) groups excluding carboxylic acids is 2. The van der Waals surface area contributed by atoms with Crippen molar-refractivity contribution < 1.29 is 9.59 Å². The Morgan fingerprint density at radius 1 is 0.926 bits per heavy atom. The third-order valence-corrected chi connectivity index (χ3v) is 5.13. The third kappa shape index (κ3) is 6.19. The summed E-state index contributed by atoms with van der Waals surface area (Å²) in [4.78, 5) is 26.1. The molecule has 4 nitrogen and oxygen atoms in total. The molecular weight excluding hydrogens is 360 g/mol. The summed E-state index contributed by atoms with van der Waals surface area (Å²) < 4.78 is 0. The van der Waals surface area contributed by atoms with Gasteiger partial charge in [-0.2, -0.15) is 0 Å². The van der Waals surface area contributed by atoms with Crippen LogP contribution in [0.15, 0.2) is 54.6 Å². The number of piperidine rings is 1. The molecule has 1 saturated heterocycles. The quantitative estimate of drug-likeness (QED) is 0.743. The summed E-state index contributed by atoms with van der Waals surface area (Å²) in [5, 5.41) is 0. The van der Waals surface area contributed by atoms with Crippen LogP contribution >= 0.6 is 12.4 Å². The first-order valence-electron chi connectivity index (χ1n) is 9.29. The number of amides is 1. The fourth-order valence-corrected chi connectivity index (χ4v) is 3.57. The van der Waals surface area contributed by atoms with E-state index in [0.717, 1.165) is 50.0 Å². The zero-order valence-corrected chi connectivity index (χ0v) is 16.3. The lowest BCUT2D eigenvalue weighted by Crippen LogP contribution is -2.37. The van der Waals surface area contributed by atoms with Gasteiger partial charge < -0.3 is 10.6 Å². The normalized spacial score (nSPS) is 15.1. The highest BCUT2D eigenvalue weighted by Crippen LogP contribution is 2.22. The van der Waals surface area contributed by atoms with Crippen molar-refractivity contribution in [1.29, 1.82) is 0 Å². The maximum Gasteiger partial charge on any atom is 0.221 e. The first kappa shape index (κ1) is 21.1. The standard InChI is InChI=1S/C22H26N2O2.ClH/c23-21(25)16-18-6-8-19(9-7-18)22(26)20-11-14-24(15-12-20)13-10-17-4-2-1-3-5-17;/h1-9,20H,10-16H2,(H2,23,25);1H. The van der Waals surface area contributed by atoms with E-state index in [1.54, 1.807) is 0 Å². The second-order valence-corrected chi connectivity index (χ2v) is 7.06. The highest BCUT2D eigenvalue weighted by Gasteiger charge is 2.25. The molecule has 1 heterocycles. The van der Waals surface area contributed by atoms with E-state index < -0.39 is 0 Å². The summed E-state index contributed by atoms with van der Waals surface area (Å²) in [6.45, 7) is 3.00. The van der Waals surface area contributed by atoms with Crippen LogP contribution < -0.4 is 5.73 Å². The van der Waals surface area contributed by atoms with Gasteiger partial charge in [0.1, 0.15) is 0 Å². The highest BCUT2D eigenvalue weighted by molar-refractivity contribution is 5.98. The van der Waals surface area contributed by atoms with Crippen LogP contribution in [0.3, 0.4) is 0 Å². The molecule has 0 aromatic heterocycles. The van der Waals surface area contributed by atoms with Crippen molar-refractivity contribution >= 4 is 24.1 Å². The number of halogens is 1. The molecule has 2 aromatic rings. The Hall–Kier alpha value is -2.17. The van der Waals surface area contributed by atoms with Crippen molar-refractivity contribution in [3.05, 3.63) is 71.3 Å². The summed E-state index contributed by atoms with van der Waals surface area (Å²) in [6.07, 6.45) is 3.10. The van der Waals surface area contributed by atoms with Crippen LogP contribution in [0.25, 0.3) is 0 Å². The Balaban J connectivity index is 0.00000261. The number of ketones is 1. The van der Waals surface area contributed by atoms with E-state index in [1.165, 1.54) is 5.56 Å². The van der Waals surface area contributed by atoms with Crippen molar-refractivity contribution in [2.45, 2.75) is 25.7 Å². The number of nitrogens with two attached hydrogens (primary N) is 1. The highest BCUT2D eigenvalue weighted by atomic mass is 35.5. The van der Waals surface area contributed by atoms with Gasteiger partial charge in [0, 0.05) is 18.0 Å². The number of benzene rings is 2. The predicted molar refractivity (Wildman–Crippen MR) is 110 cm³/mol. The largest absolute Gasteiger partial charge is 0.369 e. The van der Waals surface area contributed by atoms with Gasteiger partial charge in [-0.3, -0.25) is 9.59 Å². The molecule has 2 N–H and O–H groups in total. The predicted octanol–water partition coefficient (Wildman–Crippen LogP) is 3.27. The van der Waals surface area contributed by atoms with Gasteiger partial charge in [0.05, 0.1) is 6.42 Å². The van der Waals surface area contributed by atoms with Crippen molar-refractivity contribution in [2.75, 3.05) is 19.6 Å². The number of Topliss-reactive ketones (excluding diaryl/α,β-unsaturated/α-hetero) is 1. The Labute approximate surface area is 167 Å². The molecule has 0 saturated carbocycles. The molecule has 2 aromatic carbocycles. The molecule has 0 aliphatic carbocycles. The number of likely N-dealkylation sites (tertiary alicyclic amines) is 1. The Bertz CT molecular complexity index is 739. The van der Waals surface area contributed by atoms with Crippen LogP contribution in [0, 0.1) is 5.92 Å². The van der Waals surface area contributed by atoms with Crippen molar-refractivity contribution in [1.82, 2.24) is 4.90 Å². The summed E-state index contributed by atoms with van der Waals surface area (Å²) in [6, 6.07) is 17.8. The summed E-state index contributed by atoms with van der Waals surface area (Å²) in [5.74, 6) is -0.0322. The van der Waals surface area contributed by atoms with Crippen LogP contribution in [-0.2, 0) is 17.6 Å². The Morgan fingerprint density at radius 3 is 2.15 bits per heavy atom. The molecule has 0 spiro atoms. The van der Waals surface area contributed by atoms with Gasteiger partial charge in [-0.15, -0.1) is 12.4 Å².